The lowest BCUT2D eigenvalue weighted by atomic mass is 10.4. The lowest BCUT2D eigenvalue weighted by molar-refractivity contribution is -0.272. The van der Waals surface area contributed by atoms with Gasteiger partial charge in [-0.25, -0.2) is 4.79 Å². The molecule has 1 atom stereocenters. The Morgan fingerprint density at radius 3 is 2.80 bits per heavy atom. The van der Waals surface area contributed by atoms with Gasteiger partial charge in [-0.15, -0.1) is 0 Å². The molecule has 0 bridgehead atoms. The zero-order valence-corrected chi connectivity index (χ0v) is 5.44. The molecule has 5 heteroatoms. The molecule has 10 heavy (non-hydrogen) atoms. The van der Waals surface area contributed by atoms with Gasteiger partial charge in [0.05, 0.1) is 0 Å². The van der Waals surface area contributed by atoms with Crippen LogP contribution in [0.1, 0.15) is 6.92 Å². The van der Waals surface area contributed by atoms with E-state index in [1.807, 2.05) is 0 Å². The van der Waals surface area contributed by atoms with Gasteiger partial charge in [-0.2, -0.15) is 4.89 Å². The maximum absolute atomic E-state index is 10.3. The number of carbonyl (C=O) groups excluding carboxylic acids is 2. The molecule has 0 saturated carbocycles. The summed E-state index contributed by atoms with van der Waals surface area (Å²) in [6, 6.07) is 0. The maximum Gasteiger partial charge on any atom is 0.370 e. The van der Waals surface area contributed by atoms with E-state index in [-0.39, 0.29) is 6.61 Å². The molecule has 0 rings (SSSR count). The highest BCUT2D eigenvalue weighted by Crippen LogP contribution is 1.86. The van der Waals surface area contributed by atoms with Crippen molar-refractivity contribution >= 4 is 12.3 Å². The van der Waals surface area contributed by atoms with Crippen molar-refractivity contribution in [2.24, 2.45) is 0 Å². The van der Waals surface area contributed by atoms with Crippen molar-refractivity contribution in [2.75, 3.05) is 6.61 Å². The first-order valence-electron chi connectivity index (χ1n) is 2.63. The summed E-state index contributed by atoms with van der Waals surface area (Å²) in [6.45, 7) is 0.908. The van der Waals surface area contributed by atoms with Crippen LogP contribution in [0.15, 0.2) is 0 Å². The fourth-order valence-corrected chi connectivity index (χ4v) is 0.190. The molecule has 0 heterocycles. The topological polar surface area (TPSA) is 72.8 Å². The van der Waals surface area contributed by atoms with Crippen LogP contribution in [-0.2, 0) is 19.4 Å². The molecule has 0 aromatic carbocycles. The molecule has 0 aliphatic heterocycles. The first-order chi connectivity index (χ1) is 4.68. The van der Waals surface area contributed by atoms with E-state index >= 15 is 0 Å². The van der Waals surface area contributed by atoms with E-state index in [2.05, 4.69) is 9.78 Å². The Labute approximate surface area is 57.5 Å². The second-order valence-corrected chi connectivity index (χ2v) is 1.53. The smallest absolute Gasteiger partial charge is 0.370 e. The van der Waals surface area contributed by atoms with Gasteiger partial charge in [-0.05, 0) is 6.92 Å². The van der Waals surface area contributed by atoms with Gasteiger partial charge < -0.3 is 9.90 Å². The monoisotopic (exact) mass is 148 g/mol. The highest BCUT2D eigenvalue weighted by molar-refractivity contribution is 5.73. The van der Waals surface area contributed by atoms with Crippen molar-refractivity contribution in [2.45, 2.75) is 13.0 Å². The molecule has 0 radical (unpaired) electrons. The fourth-order valence-electron chi connectivity index (χ4n) is 0.190. The zero-order valence-electron chi connectivity index (χ0n) is 5.44. The molecule has 5 nitrogen and oxygen atoms in total. The lowest BCUT2D eigenvalue weighted by Crippen LogP contribution is -2.19. The van der Waals surface area contributed by atoms with Crippen LogP contribution in [0.25, 0.3) is 0 Å². The van der Waals surface area contributed by atoms with Crippen molar-refractivity contribution in [1.29, 1.82) is 0 Å². The normalized spacial score (nSPS) is 12.2. The van der Waals surface area contributed by atoms with E-state index in [1.54, 1.807) is 0 Å². The Kier molecular flexibility index (Phi) is 4.43. The maximum atomic E-state index is 10.3. The summed E-state index contributed by atoms with van der Waals surface area (Å²) in [6.07, 6.45) is -0.804. The Morgan fingerprint density at radius 2 is 2.40 bits per heavy atom. The van der Waals surface area contributed by atoms with E-state index in [4.69, 9.17) is 5.11 Å². The van der Waals surface area contributed by atoms with Gasteiger partial charge in [0.15, 0.2) is 6.10 Å². The predicted molar refractivity (Wildman–Crippen MR) is 29.8 cm³/mol. The number of carbonyl (C=O) groups is 2. The molecular formula is C5H8O5. The summed E-state index contributed by atoms with van der Waals surface area (Å²) in [7, 11) is 0. The molecule has 58 valence electrons. The molecule has 0 fully saturated rings. The van der Waals surface area contributed by atoms with Crippen LogP contribution in [-0.4, -0.2) is 30.1 Å². The van der Waals surface area contributed by atoms with Crippen LogP contribution in [0.5, 0.6) is 0 Å². The van der Waals surface area contributed by atoms with Crippen LogP contribution < -0.4 is 0 Å². The molecule has 0 aliphatic rings. The molecule has 0 spiro atoms. The summed E-state index contributed by atoms with van der Waals surface area (Å²) in [4.78, 5) is 27.8. The van der Waals surface area contributed by atoms with Crippen LogP contribution >= 0.6 is 0 Å². The average molecular weight is 148 g/mol. The molecule has 0 aliphatic carbocycles. The summed E-state index contributed by atoms with van der Waals surface area (Å²) in [5.41, 5.74) is 0. The van der Waals surface area contributed by atoms with Gasteiger partial charge in [0.2, 0.25) is 0 Å². The molecule has 1 unspecified atom stereocenters. The minimum absolute atomic E-state index is 0.321. The van der Waals surface area contributed by atoms with Gasteiger partial charge in [-0.1, -0.05) is 0 Å². The van der Waals surface area contributed by atoms with Crippen LogP contribution in [0, 0.1) is 0 Å². The zero-order chi connectivity index (χ0) is 7.98. The minimum Gasteiger partial charge on any atom is -0.382 e. The Bertz CT molecular complexity index is 119. The van der Waals surface area contributed by atoms with Gasteiger partial charge in [0, 0.05) is 0 Å². The van der Waals surface area contributed by atoms with Crippen molar-refractivity contribution in [3.05, 3.63) is 0 Å². The summed E-state index contributed by atoms with van der Waals surface area (Å²) >= 11 is 0. The highest BCUT2D eigenvalue weighted by atomic mass is 17.2. The van der Waals surface area contributed by atoms with Crippen molar-refractivity contribution in [1.82, 2.24) is 0 Å². The minimum atomic E-state index is -1.23. The SMILES string of the molecule is CC(O)C(=O)OOCC=O. The Morgan fingerprint density at radius 1 is 1.80 bits per heavy atom. The quantitative estimate of drug-likeness (QED) is 0.240. The van der Waals surface area contributed by atoms with Gasteiger partial charge >= 0.3 is 5.97 Å². The third-order valence-electron chi connectivity index (χ3n) is 0.618. The predicted octanol–water partition coefficient (Wildman–Crippen LogP) is -0.959. The number of hydrogen-bond donors (Lipinski definition) is 1. The van der Waals surface area contributed by atoms with E-state index in [0.29, 0.717) is 6.29 Å². The first kappa shape index (κ1) is 9.06. The second-order valence-electron chi connectivity index (χ2n) is 1.53. The molecule has 0 aromatic rings. The van der Waals surface area contributed by atoms with E-state index in [0.717, 1.165) is 0 Å². The lowest BCUT2D eigenvalue weighted by Gasteiger charge is -2.01. The van der Waals surface area contributed by atoms with Crippen LogP contribution in [0.3, 0.4) is 0 Å². The van der Waals surface area contributed by atoms with Crippen molar-refractivity contribution in [3.8, 4) is 0 Å². The number of rotatable bonds is 4. The number of aliphatic hydroxyl groups excluding tert-OH is 1. The summed E-state index contributed by atoms with van der Waals surface area (Å²) in [5.74, 6) is -0.915. The van der Waals surface area contributed by atoms with Gasteiger partial charge in [0.1, 0.15) is 12.9 Å². The molecule has 0 amide bonds. The third-order valence-corrected chi connectivity index (χ3v) is 0.618. The summed E-state index contributed by atoms with van der Waals surface area (Å²) < 4.78 is 0. The standard InChI is InChI=1S/C5H8O5/c1-4(7)5(8)10-9-3-2-6/h2,4,7H,3H2,1H3. The van der Waals surface area contributed by atoms with E-state index < -0.39 is 12.1 Å². The number of aldehydes is 1. The highest BCUT2D eigenvalue weighted by Gasteiger charge is 2.10. The van der Waals surface area contributed by atoms with Gasteiger partial charge in [-0.3, -0.25) is 4.89 Å². The van der Waals surface area contributed by atoms with Crippen LogP contribution in [0.4, 0.5) is 0 Å². The molecular weight excluding hydrogens is 140 g/mol. The second kappa shape index (κ2) is 4.89. The van der Waals surface area contributed by atoms with Crippen LogP contribution in [0.2, 0.25) is 0 Å². The molecule has 0 aromatic heterocycles. The molecule has 0 saturated heterocycles. The Hall–Kier alpha value is -0.940. The van der Waals surface area contributed by atoms with E-state index in [1.165, 1.54) is 6.92 Å². The van der Waals surface area contributed by atoms with Crippen molar-refractivity contribution < 1.29 is 24.5 Å². The first-order valence-corrected chi connectivity index (χ1v) is 2.63. The van der Waals surface area contributed by atoms with Gasteiger partial charge in [0.25, 0.3) is 0 Å². The number of hydrogen-bond acceptors (Lipinski definition) is 5. The largest absolute Gasteiger partial charge is 0.382 e. The van der Waals surface area contributed by atoms with E-state index in [9.17, 15) is 9.59 Å². The third kappa shape index (κ3) is 3.99. The summed E-state index contributed by atoms with van der Waals surface area (Å²) in [5, 5.41) is 8.48. The average Bonchev–Trinajstić information content (AvgIpc) is 1.88. The Balaban J connectivity index is 3.30. The fraction of sp³-hybridized carbons (Fsp3) is 0.600. The number of aliphatic hydroxyl groups is 1. The molecule has 1 N–H and O–H groups in total. The van der Waals surface area contributed by atoms with Crippen molar-refractivity contribution in [3.63, 3.8) is 0 Å².